The van der Waals surface area contributed by atoms with Crippen LogP contribution in [0.5, 0.6) is 0 Å². The Balaban J connectivity index is 2.02. The summed E-state index contributed by atoms with van der Waals surface area (Å²) in [6, 6.07) is 12.0. The fraction of sp³-hybridized carbons (Fsp3) is 0.318. The van der Waals surface area contributed by atoms with Crippen LogP contribution < -0.4 is 16.0 Å². The van der Waals surface area contributed by atoms with Gasteiger partial charge in [0.25, 0.3) is 5.91 Å². The molecule has 0 aliphatic rings. The molecule has 2 aromatic carbocycles. The second-order valence-corrected chi connectivity index (χ2v) is 7.08. The van der Waals surface area contributed by atoms with Crippen molar-refractivity contribution < 1.29 is 18.8 Å². The van der Waals surface area contributed by atoms with Gasteiger partial charge in [-0.3, -0.25) is 19.3 Å². The van der Waals surface area contributed by atoms with Crippen LogP contribution in [0.15, 0.2) is 48.5 Å². The van der Waals surface area contributed by atoms with Crippen molar-refractivity contribution in [2.45, 2.75) is 26.8 Å². The number of nitrogens with zero attached hydrogens (tertiary/aromatic N) is 1. The molecule has 160 valence electrons. The lowest BCUT2D eigenvalue weighted by atomic mass is 10.1. The highest BCUT2D eigenvalue weighted by atomic mass is 19.1. The van der Waals surface area contributed by atoms with E-state index in [1.807, 2.05) is 20.8 Å². The number of carbonyl (C=O) groups is 3. The van der Waals surface area contributed by atoms with Crippen LogP contribution in [0.25, 0.3) is 0 Å². The molecule has 30 heavy (non-hydrogen) atoms. The van der Waals surface area contributed by atoms with E-state index in [9.17, 15) is 18.8 Å². The average molecular weight is 414 g/mol. The molecule has 8 heteroatoms. The molecule has 3 N–H and O–H groups in total. The molecule has 0 atom stereocenters. The minimum Gasteiger partial charge on any atom is -0.353 e. The highest BCUT2D eigenvalue weighted by molar-refractivity contribution is 6.10. The van der Waals surface area contributed by atoms with Crippen LogP contribution in [0, 0.1) is 5.82 Å². The number of carbonyl (C=O) groups excluding carboxylic acids is 3. The standard InChI is InChI=1S/C22H27FN4O3/c1-4-27(13-20(28)24-15(2)3)14-21(29)26-19-8-6-5-7-18(19)22(30)25-17-11-9-16(23)10-12-17/h5-12,15H,4,13-14H2,1-3H3,(H,24,28)(H,25,30)(H,26,29). The maximum atomic E-state index is 13.0. The third-order valence-electron chi connectivity index (χ3n) is 4.18. The number of hydrogen-bond donors (Lipinski definition) is 3. The molecule has 0 radical (unpaired) electrons. The van der Waals surface area contributed by atoms with Crippen LogP contribution in [-0.2, 0) is 9.59 Å². The van der Waals surface area contributed by atoms with Gasteiger partial charge in [0, 0.05) is 11.7 Å². The predicted octanol–water partition coefficient (Wildman–Crippen LogP) is 2.86. The second kappa shape index (κ2) is 11.1. The van der Waals surface area contributed by atoms with Crippen LogP contribution in [0.3, 0.4) is 0 Å². The normalized spacial score (nSPS) is 10.7. The highest BCUT2D eigenvalue weighted by Gasteiger charge is 2.17. The summed E-state index contributed by atoms with van der Waals surface area (Å²) in [5.41, 5.74) is 1.07. The number of benzene rings is 2. The van der Waals surface area contributed by atoms with Crippen molar-refractivity contribution in [2.75, 3.05) is 30.3 Å². The first-order chi connectivity index (χ1) is 14.3. The molecule has 2 rings (SSSR count). The van der Waals surface area contributed by atoms with Crippen molar-refractivity contribution >= 4 is 29.1 Å². The molecule has 0 spiro atoms. The van der Waals surface area contributed by atoms with Crippen molar-refractivity contribution in [1.82, 2.24) is 10.2 Å². The van der Waals surface area contributed by atoms with E-state index in [1.165, 1.54) is 24.3 Å². The quantitative estimate of drug-likeness (QED) is 0.589. The van der Waals surface area contributed by atoms with Crippen LogP contribution in [-0.4, -0.2) is 48.3 Å². The number of halogens is 1. The maximum Gasteiger partial charge on any atom is 0.257 e. The molecule has 0 aliphatic heterocycles. The zero-order valence-corrected chi connectivity index (χ0v) is 17.4. The first kappa shape index (κ1) is 23.0. The van der Waals surface area contributed by atoms with E-state index in [1.54, 1.807) is 29.2 Å². The zero-order chi connectivity index (χ0) is 22.1. The van der Waals surface area contributed by atoms with E-state index in [-0.39, 0.29) is 36.5 Å². The van der Waals surface area contributed by atoms with Gasteiger partial charge < -0.3 is 16.0 Å². The lowest BCUT2D eigenvalue weighted by Crippen LogP contribution is -2.42. The summed E-state index contributed by atoms with van der Waals surface area (Å²) in [4.78, 5) is 38.7. The average Bonchev–Trinajstić information content (AvgIpc) is 2.68. The highest BCUT2D eigenvalue weighted by Crippen LogP contribution is 2.18. The molecule has 0 aromatic heterocycles. The number of hydrogen-bond acceptors (Lipinski definition) is 4. The summed E-state index contributed by atoms with van der Waals surface area (Å²) in [5.74, 6) is -1.32. The van der Waals surface area contributed by atoms with Gasteiger partial charge in [-0.25, -0.2) is 4.39 Å². The monoisotopic (exact) mass is 414 g/mol. The predicted molar refractivity (Wildman–Crippen MR) is 115 cm³/mol. The topological polar surface area (TPSA) is 90.5 Å². The molecular formula is C22H27FN4O3. The number of nitrogens with one attached hydrogen (secondary N) is 3. The van der Waals surface area contributed by atoms with Gasteiger partial charge in [-0.1, -0.05) is 19.1 Å². The molecule has 0 heterocycles. The summed E-state index contributed by atoms with van der Waals surface area (Å²) in [5, 5.41) is 8.20. The van der Waals surface area contributed by atoms with E-state index in [2.05, 4.69) is 16.0 Å². The summed E-state index contributed by atoms with van der Waals surface area (Å²) in [6.45, 7) is 6.24. The van der Waals surface area contributed by atoms with E-state index in [4.69, 9.17) is 0 Å². The Bertz CT molecular complexity index is 884. The number of likely N-dealkylation sites (N-methyl/N-ethyl adjacent to an activating group) is 1. The molecule has 0 fully saturated rings. The van der Waals surface area contributed by atoms with E-state index in [0.29, 0.717) is 17.9 Å². The summed E-state index contributed by atoms with van der Waals surface area (Å²) in [7, 11) is 0. The van der Waals surface area contributed by atoms with Gasteiger partial charge in [0.15, 0.2) is 0 Å². The summed E-state index contributed by atoms with van der Waals surface area (Å²) < 4.78 is 13.0. The third-order valence-corrected chi connectivity index (χ3v) is 4.18. The molecular weight excluding hydrogens is 387 g/mol. The Morgan fingerprint density at radius 3 is 2.20 bits per heavy atom. The Kier molecular flexibility index (Phi) is 8.49. The molecule has 3 amide bonds. The molecule has 0 unspecified atom stereocenters. The fourth-order valence-corrected chi connectivity index (χ4v) is 2.76. The molecule has 0 bridgehead atoms. The third kappa shape index (κ3) is 7.29. The molecule has 0 saturated heterocycles. The Morgan fingerprint density at radius 1 is 0.933 bits per heavy atom. The minimum atomic E-state index is -0.429. The fourth-order valence-electron chi connectivity index (χ4n) is 2.76. The number of anilines is 2. The van der Waals surface area contributed by atoms with Crippen molar-refractivity contribution in [3.05, 3.63) is 59.9 Å². The number of para-hydroxylation sites is 1. The Labute approximate surface area is 175 Å². The Hall–Kier alpha value is -3.26. The van der Waals surface area contributed by atoms with Crippen molar-refractivity contribution in [3.8, 4) is 0 Å². The molecule has 0 saturated carbocycles. The first-order valence-corrected chi connectivity index (χ1v) is 9.76. The van der Waals surface area contributed by atoms with Gasteiger partial charge in [-0.05, 0) is 56.8 Å². The van der Waals surface area contributed by atoms with Gasteiger partial charge in [-0.2, -0.15) is 0 Å². The first-order valence-electron chi connectivity index (χ1n) is 9.76. The summed E-state index contributed by atoms with van der Waals surface area (Å²) >= 11 is 0. The second-order valence-electron chi connectivity index (χ2n) is 7.08. The molecule has 2 aromatic rings. The summed E-state index contributed by atoms with van der Waals surface area (Å²) in [6.07, 6.45) is 0. The van der Waals surface area contributed by atoms with Crippen LogP contribution in [0.4, 0.5) is 15.8 Å². The van der Waals surface area contributed by atoms with E-state index >= 15 is 0 Å². The van der Waals surface area contributed by atoms with Gasteiger partial charge in [-0.15, -0.1) is 0 Å². The van der Waals surface area contributed by atoms with Crippen molar-refractivity contribution in [3.63, 3.8) is 0 Å². The minimum absolute atomic E-state index is 0.00985. The van der Waals surface area contributed by atoms with Gasteiger partial charge in [0.1, 0.15) is 5.82 Å². The smallest absolute Gasteiger partial charge is 0.257 e. The van der Waals surface area contributed by atoms with Gasteiger partial charge in [0.2, 0.25) is 11.8 Å². The van der Waals surface area contributed by atoms with Crippen molar-refractivity contribution in [2.24, 2.45) is 0 Å². The largest absolute Gasteiger partial charge is 0.353 e. The zero-order valence-electron chi connectivity index (χ0n) is 17.4. The lowest BCUT2D eigenvalue weighted by molar-refractivity contribution is -0.123. The van der Waals surface area contributed by atoms with Gasteiger partial charge >= 0.3 is 0 Å². The number of rotatable bonds is 9. The lowest BCUT2D eigenvalue weighted by Gasteiger charge is -2.20. The van der Waals surface area contributed by atoms with Gasteiger partial charge in [0.05, 0.1) is 24.3 Å². The number of amides is 3. The maximum absolute atomic E-state index is 13.0. The molecule has 0 aliphatic carbocycles. The SMILES string of the molecule is CCN(CC(=O)Nc1ccccc1C(=O)Nc1ccc(F)cc1)CC(=O)NC(C)C. The van der Waals surface area contributed by atoms with Crippen molar-refractivity contribution in [1.29, 1.82) is 0 Å². The van der Waals surface area contributed by atoms with E-state index in [0.717, 1.165) is 0 Å². The van der Waals surface area contributed by atoms with Crippen LogP contribution in [0.1, 0.15) is 31.1 Å². The van der Waals surface area contributed by atoms with Crippen LogP contribution in [0.2, 0.25) is 0 Å². The molecule has 7 nitrogen and oxygen atoms in total. The van der Waals surface area contributed by atoms with Crippen LogP contribution >= 0.6 is 0 Å². The van der Waals surface area contributed by atoms with E-state index < -0.39 is 11.7 Å². The Morgan fingerprint density at radius 2 is 1.57 bits per heavy atom.